The molecule has 0 aromatic carbocycles. The minimum atomic E-state index is -0.400. The van der Waals surface area contributed by atoms with Crippen LogP contribution in [0.25, 0.3) is 0 Å². The molecule has 2 aromatic heterocycles. The summed E-state index contributed by atoms with van der Waals surface area (Å²) in [5, 5.41) is 0. The van der Waals surface area contributed by atoms with Crippen molar-refractivity contribution in [1.82, 2.24) is 15.4 Å². The molecule has 0 radical (unpaired) electrons. The largest absolute Gasteiger partial charge is 0.343 e. The smallest absolute Gasteiger partial charge is 0.287 e. The second-order valence-corrected chi connectivity index (χ2v) is 6.78. The van der Waals surface area contributed by atoms with Gasteiger partial charge < -0.3 is 4.57 Å². The first kappa shape index (κ1) is 16.1. The Labute approximate surface area is 139 Å². The van der Waals surface area contributed by atoms with Gasteiger partial charge in [-0.05, 0) is 47.5 Å². The Morgan fingerprint density at radius 2 is 2.00 bits per heavy atom. The van der Waals surface area contributed by atoms with E-state index in [1.165, 1.54) is 0 Å². The normalized spacial score (nSPS) is 10.5. The van der Waals surface area contributed by atoms with Gasteiger partial charge in [0.1, 0.15) is 5.69 Å². The van der Waals surface area contributed by atoms with Gasteiger partial charge in [-0.25, -0.2) is 0 Å². The summed E-state index contributed by atoms with van der Waals surface area (Å²) in [4.78, 5) is 24.5. The van der Waals surface area contributed by atoms with Crippen molar-refractivity contribution < 1.29 is 9.59 Å². The topological polar surface area (TPSA) is 63.1 Å². The molecule has 0 saturated carbocycles. The Morgan fingerprint density at radius 1 is 1.33 bits per heavy atom. The van der Waals surface area contributed by atoms with E-state index in [0.29, 0.717) is 21.5 Å². The zero-order chi connectivity index (χ0) is 15.6. The van der Waals surface area contributed by atoms with Gasteiger partial charge in [0.2, 0.25) is 0 Å². The number of carbonyl (C=O) groups is 2. The average molecular weight is 391 g/mol. The molecular weight excluding hydrogens is 378 g/mol. The second-order valence-electron chi connectivity index (χ2n) is 4.27. The van der Waals surface area contributed by atoms with Crippen LogP contribution in [0.1, 0.15) is 32.6 Å². The molecule has 112 valence electrons. The second kappa shape index (κ2) is 6.64. The highest BCUT2D eigenvalue weighted by atomic mass is 79.9. The molecule has 0 fully saturated rings. The molecule has 2 aromatic rings. The summed E-state index contributed by atoms with van der Waals surface area (Å²) in [6, 6.07) is 3.23. The highest BCUT2D eigenvalue weighted by Gasteiger charge is 2.18. The SMILES string of the molecule is CCn1cc(C)c(Br)c1C(=O)NNC(=O)c1ccc(Cl)s1. The van der Waals surface area contributed by atoms with Gasteiger partial charge in [0.05, 0.1) is 13.7 Å². The lowest BCUT2D eigenvalue weighted by Gasteiger charge is -2.09. The fourth-order valence-electron chi connectivity index (χ4n) is 1.82. The molecule has 2 rings (SSSR count). The van der Waals surface area contributed by atoms with Gasteiger partial charge in [0, 0.05) is 12.7 Å². The third-order valence-electron chi connectivity index (χ3n) is 2.83. The van der Waals surface area contributed by atoms with Crippen LogP contribution in [0.15, 0.2) is 22.8 Å². The molecule has 0 bridgehead atoms. The summed E-state index contributed by atoms with van der Waals surface area (Å²) in [7, 11) is 0. The highest BCUT2D eigenvalue weighted by Crippen LogP contribution is 2.23. The van der Waals surface area contributed by atoms with Crippen LogP contribution in [0.2, 0.25) is 4.34 Å². The number of halogens is 2. The van der Waals surface area contributed by atoms with Gasteiger partial charge >= 0.3 is 0 Å². The molecule has 0 aliphatic heterocycles. The van der Waals surface area contributed by atoms with Crippen LogP contribution in [0.5, 0.6) is 0 Å². The molecule has 5 nitrogen and oxygen atoms in total. The molecule has 0 aliphatic carbocycles. The van der Waals surface area contributed by atoms with E-state index in [9.17, 15) is 9.59 Å². The minimum absolute atomic E-state index is 0.382. The third-order valence-corrected chi connectivity index (χ3v) is 5.06. The van der Waals surface area contributed by atoms with E-state index in [1.807, 2.05) is 24.6 Å². The first-order valence-electron chi connectivity index (χ1n) is 6.15. The zero-order valence-electron chi connectivity index (χ0n) is 11.4. The molecule has 0 aliphatic rings. The van der Waals surface area contributed by atoms with E-state index in [-0.39, 0.29) is 5.91 Å². The zero-order valence-corrected chi connectivity index (χ0v) is 14.5. The molecule has 21 heavy (non-hydrogen) atoms. The fourth-order valence-corrected chi connectivity index (χ4v) is 3.27. The van der Waals surface area contributed by atoms with Gasteiger partial charge in [-0.1, -0.05) is 11.6 Å². The number of carbonyl (C=O) groups excluding carboxylic acids is 2. The lowest BCUT2D eigenvalue weighted by Crippen LogP contribution is -2.42. The summed E-state index contributed by atoms with van der Waals surface area (Å²) in [6.07, 6.45) is 1.87. The number of amides is 2. The van der Waals surface area contributed by atoms with Crippen molar-refractivity contribution in [3.8, 4) is 0 Å². The Kier molecular flexibility index (Phi) is 5.08. The summed E-state index contributed by atoms with van der Waals surface area (Å²) in [5.74, 6) is -0.782. The monoisotopic (exact) mass is 389 g/mol. The third kappa shape index (κ3) is 3.48. The van der Waals surface area contributed by atoms with Crippen LogP contribution in [-0.4, -0.2) is 16.4 Å². The van der Waals surface area contributed by atoms with E-state index in [0.717, 1.165) is 21.4 Å². The summed E-state index contributed by atoms with van der Waals surface area (Å²) < 4.78 is 3.04. The van der Waals surface area contributed by atoms with Crippen molar-refractivity contribution in [3.05, 3.63) is 43.3 Å². The number of hydrazine groups is 1. The van der Waals surface area contributed by atoms with Crippen molar-refractivity contribution in [1.29, 1.82) is 0 Å². The van der Waals surface area contributed by atoms with Gasteiger partial charge in [-0.15, -0.1) is 11.3 Å². The maximum absolute atomic E-state index is 12.2. The molecule has 8 heteroatoms. The molecule has 2 heterocycles. The maximum Gasteiger partial charge on any atom is 0.287 e. The molecule has 0 spiro atoms. The van der Waals surface area contributed by atoms with Crippen LogP contribution < -0.4 is 10.9 Å². The van der Waals surface area contributed by atoms with Gasteiger partial charge in [0.15, 0.2) is 0 Å². The first-order valence-corrected chi connectivity index (χ1v) is 8.14. The Balaban J connectivity index is 2.07. The molecule has 0 atom stereocenters. The fraction of sp³-hybridized carbons (Fsp3) is 0.231. The molecule has 0 saturated heterocycles. The van der Waals surface area contributed by atoms with Crippen molar-refractivity contribution in [2.75, 3.05) is 0 Å². The average Bonchev–Trinajstić information content (AvgIpc) is 3.00. The quantitative estimate of drug-likeness (QED) is 0.789. The first-order chi connectivity index (χ1) is 9.93. The van der Waals surface area contributed by atoms with E-state index in [1.54, 1.807) is 12.1 Å². The van der Waals surface area contributed by atoms with Crippen LogP contribution in [0.4, 0.5) is 0 Å². The van der Waals surface area contributed by atoms with Crippen LogP contribution in [0.3, 0.4) is 0 Å². The van der Waals surface area contributed by atoms with Crippen LogP contribution >= 0.6 is 38.9 Å². The maximum atomic E-state index is 12.2. The highest BCUT2D eigenvalue weighted by molar-refractivity contribution is 9.10. The Hall–Kier alpha value is -1.31. The number of rotatable bonds is 3. The number of aromatic nitrogens is 1. The number of thiophene rings is 1. The van der Waals surface area contributed by atoms with E-state index in [2.05, 4.69) is 26.8 Å². The van der Waals surface area contributed by atoms with Gasteiger partial charge in [-0.3, -0.25) is 20.4 Å². The lowest BCUT2D eigenvalue weighted by atomic mass is 10.3. The predicted octanol–water partition coefficient (Wildman–Crippen LogP) is 3.37. The predicted molar refractivity (Wildman–Crippen MR) is 86.8 cm³/mol. The number of hydrogen-bond acceptors (Lipinski definition) is 3. The van der Waals surface area contributed by atoms with Crippen molar-refractivity contribution in [2.45, 2.75) is 20.4 Å². The Bertz CT molecular complexity index is 696. The standard InChI is InChI=1S/C13H13BrClN3O2S/c1-3-18-6-7(2)10(14)11(18)13(20)17-16-12(19)8-4-5-9(15)21-8/h4-6H,3H2,1-2H3,(H,16,19)(H,17,20). The molecular formula is C13H13BrClN3O2S. The number of nitrogens with one attached hydrogen (secondary N) is 2. The number of aryl methyl sites for hydroxylation is 2. The van der Waals surface area contributed by atoms with Crippen molar-refractivity contribution >= 4 is 50.7 Å². The minimum Gasteiger partial charge on any atom is -0.343 e. The van der Waals surface area contributed by atoms with E-state index >= 15 is 0 Å². The molecule has 2 N–H and O–H groups in total. The van der Waals surface area contributed by atoms with Crippen molar-refractivity contribution in [2.24, 2.45) is 0 Å². The number of nitrogens with zero attached hydrogens (tertiary/aromatic N) is 1. The summed E-state index contributed by atoms with van der Waals surface area (Å²) in [6.45, 7) is 4.50. The van der Waals surface area contributed by atoms with Crippen LogP contribution in [-0.2, 0) is 6.54 Å². The Morgan fingerprint density at radius 3 is 2.57 bits per heavy atom. The van der Waals surface area contributed by atoms with Gasteiger partial charge in [-0.2, -0.15) is 0 Å². The summed E-state index contributed by atoms with van der Waals surface area (Å²) in [5.41, 5.74) is 6.22. The summed E-state index contributed by atoms with van der Waals surface area (Å²) >= 11 is 10.3. The van der Waals surface area contributed by atoms with Crippen LogP contribution in [0, 0.1) is 6.92 Å². The van der Waals surface area contributed by atoms with Gasteiger partial charge in [0.25, 0.3) is 11.8 Å². The van der Waals surface area contributed by atoms with Crippen molar-refractivity contribution in [3.63, 3.8) is 0 Å². The van der Waals surface area contributed by atoms with E-state index in [4.69, 9.17) is 11.6 Å². The number of hydrogen-bond donors (Lipinski definition) is 2. The van der Waals surface area contributed by atoms with E-state index < -0.39 is 5.91 Å². The molecule has 2 amide bonds. The lowest BCUT2D eigenvalue weighted by molar-refractivity contribution is 0.0843. The molecule has 0 unspecified atom stereocenters.